The Morgan fingerprint density at radius 1 is 1.33 bits per heavy atom. The van der Waals surface area contributed by atoms with Gasteiger partial charge in [-0.05, 0) is 42.7 Å². The lowest BCUT2D eigenvalue weighted by molar-refractivity contribution is 0.0915. The minimum absolute atomic E-state index is 0.0758. The number of aliphatic hydroxyl groups is 1. The quantitative estimate of drug-likeness (QED) is 0.577. The standard InChI is InChI=1S/C19H19F2N3O2S/c1-27-6-5-14(10-25)22-19(26)12-8-15-17(11-3-2-4-13(20)7-11)23-24-18(15)16(21)9-12/h2-4,7-9,14,25H,5-6,10H2,1H3,(H,22,26)(H,23,24). The maximum atomic E-state index is 14.4. The van der Waals surface area contributed by atoms with Gasteiger partial charge in [0.2, 0.25) is 0 Å². The molecular weight excluding hydrogens is 372 g/mol. The second kappa shape index (κ2) is 8.49. The first kappa shape index (κ1) is 19.3. The number of aliphatic hydroxyl groups excluding tert-OH is 1. The van der Waals surface area contributed by atoms with Crippen LogP contribution in [0.15, 0.2) is 36.4 Å². The predicted molar refractivity (Wildman–Crippen MR) is 103 cm³/mol. The van der Waals surface area contributed by atoms with E-state index in [1.807, 2.05) is 6.26 Å². The summed E-state index contributed by atoms with van der Waals surface area (Å²) in [5.74, 6) is -0.780. The molecular formula is C19H19F2N3O2S. The smallest absolute Gasteiger partial charge is 0.251 e. The maximum absolute atomic E-state index is 14.4. The summed E-state index contributed by atoms with van der Waals surface area (Å²) < 4.78 is 28.0. The number of H-pyrrole nitrogens is 1. The average Bonchev–Trinajstić information content (AvgIpc) is 3.09. The van der Waals surface area contributed by atoms with E-state index in [1.165, 1.54) is 18.2 Å². The molecule has 1 atom stereocenters. The number of nitrogens with zero attached hydrogens (tertiary/aromatic N) is 1. The van der Waals surface area contributed by atoms with Crippen molar-refractivity contribution in [3.05, 3.63) is 53.6 Å². The van der Waals surface area contributed by atoms with E-state index < -0.39 is 23.6 Å². The molecule has 0 bridgehead atoms. The van der Waals surface area contributed by atoms with Gasteiger partial charge < -0.3 is 10.4 Å². The lowest BCUT2D eigenvalue weighted by atomic mass is 10.0. The van der Waals surface area contributed by atoms with Crippen molar-refractivity contribution in [1.29, 1.82) is 0 Å². The number of nitrogens with one attached hydrogen (secondary N) is 2. The molecule has 0 aliphatic rings. The third-order valence-electron chi connectivity index (χ3n) is 4.21. The van der Waals surface area contributed by atoms with Gasteiger partial charge >= 0.3 is 0 Å². The Kier molecular flexibility index (Phi) is 6.08. The topological polar surface area (TPSA) is 78.0 Å². The first-order chi connectivity index (χ1) is 13.0. The Balaban J connectivity index is 1.95. The molecule has 27 heavy (non-hydrogen) atoms. The summed E-state index contributed by atoms with van der Waals surface area (Å²) >= 11 is 1.61. The summed E-state index contributed by atoms with van der Waals surface area (Å²) in [6.07, 6.45) is 2.54. The molecule has 8 heteroatoms. The monoisotopic (exact) mass is 391 g/mol. The lowest BCUT2D eigenvalue weighted by Crippen LogP contribution is -2.38. The number of thioether (sulfide) groups is 1. The Morgan fingerprint density at radius 3 is 2.85 bits per heavy atom. The average molecular weight is 391 g/mol. The van der Waals surface area contributed by atoms with Crippen molar-refractivity contribution in [1.82, 2.24) is 15.5 Å². The molecule has 1 unspecified atom stereocenters. The van der Waals surface area contributed by atoms with Crippen LogP contribution in [0.5, 0.6) is 0 Å². The molecule has 1 aromatic heterocycles. The normalized spacial score (nSPS) is 12.3. The van der Waals surface area contributed by atoms with E-state index in [9.17, 15) is 18.7 Å². The number of halogens is 2. The molecule has 0 saturated carbocycles. The number of carbonyl (C=O) groups excluding carboxylic acids is 1. The van der Waals surface area contributed by atoms with Gasteiger partial charge in [0.15, 0.2) is 5.82 Å². The molecule has 0 aliphatic heterocycles. The highest BCUT2D eigenvalue weighted by Crippen LogP contribution is 2.29. The third-order valence-corrected chi connectivity index (χ3v) is 4.86. The summed E-state index contributed by atoms with van der Waals surface area (Å²) in [6, 6.07) is 8.05. The van der Waals surface area contributed by atoms with Gasteiger partial charge in [0.05, 0.1) is 18.3 Å². The van der Waals surface area contributed by atoms with Crippen LogP contribution in [0.1, 0.15) is 16.8 Å². The van der Waals surface area contributed by atoms with Gasteiger partial charge in [-0.3, -0.25) is 9.89 Å². The minimum atomic E-state index is -0.652. The highest BCUT2D eigenvalue weighted by Gasteiger charge is 2.18. The molecule has 2 aromatic carbocycles. The van der Waals surface area contributed by atoms with Crippen molar-refractivity contribution in [3.8, 4) is 11.3 Å². The molecule has 0 radical (unpaired) electrons. The maximum Gasteiger partial charge on any atom is 0.251 e. The van der Waals surface area contributed by atoms with Gasteiger partial charge in [-0.25, -0.2) is 8.78 Å². The Hall–Kier alpha value is -2.45. The molecule has 0 fully saturated rings. The fraction of sp³-hybridized carbons (Fsp3) is 0.263. The van der Waals surface area contributed by atoms with Gasteiger partial charge in [0, 0.05) is 16.5 Å². The molecule has 3 aromatic rings. The first-order valence-electron chi connectivity index (χ1n) is 8.37. The van der Waals surface area contributed by atoms with Crippen molar-refractivity contribution in [2.24, 2.45) is 0 Å². The number of hydrogen-bond donors (Lipinski definition) is 3. The van der Waals surface area contributed by atoms with E-state index in [4.69, 9.17) is 0 Å². The van der Waals surface area contributed by atoms with Gasteiger partial charge in [-0.1, -0.05) is 12.1 Å². The molecule has 0 saturated heterocycles. The molecule has 1 heterocycles. The van der Waals surface area contributed by atoms with Crippen LogP contribution in [0.2, 0.25) is 0 Å². The van der Waals surface area contributed by atoms with Crippen LogP contribution in [-0.2, 0) is 0 Å². The highest BCUT2D eigenvalue weighted by molar-refractivity contribution is 7.98. The number of fused-ring (bicyclic) bond motifs is 1. The highest BCUT2D eigenvalue weighted by atomic mass is 32.2. The fourth-order valence-corrected chi connectivity index (χ4v) is 3.33. The van der Waals surface area contributed by atoms with Gasteiger partial charge in [0.1, 0.15) is 11.3 Å². The van der Waals surface area contributed by atoms with E-state index in [0.717, 1.165) is 11.8 Å². The number of aromatic amines is 1. The van der Waals surface area contributed by atoms with Crippen LogP contribution in [0, 0.1) is 11.6 Å². The number of amides is 1. The summed E-state index contributed by atoms with van der Waals surface area (Å²) in [5, 5.41) is 19.2. The lowest BCUT2D eigenvalue weighted by Gasteiger charge is -2.15. The van der Waals surface area contributed by atoms with E-state index in [1.54, 1.807) is 23.9 Å². The van der Waals surface area contributed by atoms with E-state index in [2.05, 4.69) is 15.5 Å². The van der Waals surface area contributed by atoms with E-state index >= 15 is 0 Å². The van der Waals surface area contributed by atoms with Crippen molar-refractivity contribution in [2.75, 3.05) is 18.6 Å². The Morgan fingerprint density at radius 2 is 2.15 bits per heavy atom. The van der Waals surface area contributed by atoms with Crippen LogP contribution in [0.25, 0.3) is 22.2 Å². The Bertz CT molecular complexity index is 961. The summed E-state index contributed by atoms with van der Waals surface area (Å²) in [5.41, 5.74) is 1.12. The Labute approximate surface area is 159 Å². The number of hydrogen-bond acceptors (Lipinski definition) is 4. The summed E-state index contributed by atoms with van der Waals surface area (Å²) in [4.78, 5) is 12.5. The largest absolute Gasteiger partial charge is 0.394 e. The number of carbonyl (C=O) groups is 1. The molecule has 0 spiro atoms. The number of rotatable bonds is 7. The van der Waals surface area contributed by atoms with Crippen LogP contribution in [0.3, 0.4) is 0 Å². The molecule has 142 valence electrons. The number of aromatic nitrogens is 2. The molecule has 3 rings (SSSR count). The molecule has 0 aliphatic carbocycles. The molecule has 1 amide bonds. The van der Waals surface area contributed by atoms with Crippen LogP contribution >= 0.6 is 11.8 Å². The predicted octanol–water partition coefficient (Wildman–Crippen LogP) is 3.35. The van der Waals surface area contributed by atoms with Crippen LogP contribution < -0.4 is 5.32 Å². The second-order valence-corrected chi connectivity index (χ2v) is 7.08. The number of benzene rings is 2. The van der Waals surface area contributed by atoms with Crippen molar-refractivity contribution >= 4 is 28.6 Å². The van der Waals surface area contributed by atoms with Gasteiger partial charge in [0.25, 0.3) is 5.91 Å². The minimum Gasteiger partial charge on any atom is -0.394 e. The van der Waals surface area contributed by atoms with E-state index in [-0.39, 0.29) is 17.7 Å². The van der Waals surface area contributed by atoms with Crippen molar-refractivity contribution in [3.63, 3.8) is 0 Å². The first-order valence-corrected chi connectivity index (χ1v) is 9.77. The second-order valence-electron chi connectivity index (χ2n) is 6.10. The van der Waals surface area contributed by atoms with Crippen LogP contribution in [-0.4, -0.2) is 45.9 Å². The zero-order valence-corrected chi connectivity index (χ0v) is 15.4. The van der Waals surface area contributed by atoms with Crippen molar-refractivity contribution < 1.29 is 18.7 Å². The summed E-state index contributed by atoms with van der Waals surface area (Å²) in [7, 11) is 0. The van der Waals surface area contributed by atoms with Crippen LogP contribution in [0.4, 0.5) is 8.78 Å². The fourth-order valence-electron chi connectivity index (χ4n) is 2.81. The third kappa shape index (κ3) is 4.28. The summed E-state index contributed by atoms with van der Waals surface area (Å²) in [6.45, 7) is -0.197. The molecule has 5 nitrogen and oxygen atoms in total. The SMILES string of the molecule is CSCCC(CO)NC(=O)c1cc(F)c2n[nH]c(-c3cccc(F)c3)c2c1. The molecule has 3 N–H and O–H groups in total. The zero-order chi connectivity index (χ0) is 19.4. The van der Waals surface area contributed by atoms with Crippen molar-refractivity contribution in [2.45, 2.75) is 12.5 Å². The zero-order valence-electron chi connectivity index (χ0n) is 14.6. The van der Waals surface area contributed by atoms with Gasteiger partial charge in [-0.15, -0.1) is 0 Å². The van der Waals surface area contributed by atoms with E-state index in [0.29, 0.717) is 23.1 Å². The van der Waals surface area contributed by atoms with Gasteiger partial charge in [-0.2, -0.15) is 16.9 Å².